The van der Waals surface area contributed by atoms with E-state index in [4.69, 9.17) is 9.47 Å². The SMILES string of the molecule is COCC1CN(Cc2cnn(C(C)C)c2)CC(C)O1. The summed E-state index contributed by atoms with van der Waals surface area (Å²) in [5.74, 6) is 0. The maximum Gasteiger partial charge on any atom is 0.0939 e. The molecule has 5 heteroatoms. The van der Waals surface area contributed by atoms with E-state index in [0.717, 1.165) is 19.6 Å². The first-order valence-electron chi connectivity index (χ1n) is 6.98. The van der Waals surface area contributed by atoms with Gasteiger partial charge >= 0.3 is 0 Å². The van der Waals surface area contributed by atoms with Crippen LogP contribution >= 0.6 is 0 Å². The third-order valence-electron chi connectivity index (χ3n) is 3.34. The molecule has 0 radical (unpaired) electrons. The van der Waals surface area contributed by atoms with Crippen molar-refractivity contribution in [2.75, 3.05) is 26.8 Å². The monoisotopic (exact) mass is 267 g/mol. The number of ether oxygens (including phenoxy) is 2. The molecule has 1 fully saturated rings. The van der Waals surface area contributed by atoms with E-state index in [1.54, 1.807) is 7.11 Å². The molecule has 2 rings (SSSR count). The molecule has 1 aliphatic heterocycles. The number of aromatic nitrogens is 2. The van der Waals surface area contributed by atoms with E-state index in [-0.39, 0.29) is 12.2 Å². The van der Waals surface area contributed by atoms with Crippen LogP contribution in [-0.2, 0) is 16.0 Å². The van der Waals surface area contributed by atoms with Crippen LogP contribution in [0.4, 0.5) is 0 Å². The van der Waals surface area contributed by atoms with Gasteiger partial charge in [-0.25, -0.2) is 0 Å². The highest BCUT2D eigenvalue weighted by Gasteiger charge is 2.25. The highest BCUT2D eigenvalue weighted by Crippen LogP contribution is 2.15. The standard InChI is InChI=1S/C14H25N3O2/c1-11(2)17-8-13(5-15-17)7-16-6-12(3)19-14(9-16)10-18-4/h5,8,11-12,14H,6-7,9-10H2,1-4H3. The summed E-state index contributed by atoms with van der Waals surface area (Å²) in [6.07, 6.45) is 4.53. The molecular weight excluding hydrogens is 242 g/mol. The number of rotatable bonds is 5. The van der Waals surface area contributed by atoms with Crippen LogP contribution in [0.3, 0.4) is 0 Å². The minimum absolute atomic E-state index is 0.175. The highest BCUT2D eigenvalue weighted by molar-refractivity contribution is 5.04. The number of methoxy groups -OCH3 is 1. The van der Waals surface area contributed by atoms with Crippen LogP contribution in [-0.4, -0.2) is 53.7 Å². The van der Waals surface area contributed by atoms with Crippen LogP contribution in [0, 0.1) is 0 Å². The lowest BCUT2D eigenvalue weighted by molar-refractivity contribution is -0.103. The van der Waals surface area contributed by atoms with Crippen molar-refractivity contribution in [2.24, 2.45) is 0 Å². The van der Waals surface area contributed by atoms with Gasteiger partial charge in [0.1, 0.15) is 0 Å². The van der Waals surface area contributed by atoms with Gasteiger partial charge in [0, 0.05) is 44.5 Å². The second-order valence-electron chi connectivity index (χ2n) is 5.64. The summed E-state index contributed by atoms with van der Waals surface area (Å²) in [5.41, 5.74) is 1.26. The summed E-state index contributed by atoms with van der Waals surface area (Å²) in [6, 6.07) is 0.415. The van der Waals surface area contributed by atoms with Crippen LogP contribution in [0.25, 0.3) is 0 Å². The van der Waals surface area contributed by atoms with Crippen molar-refractivity contribution in [1.29, 1.82) is 0 Å². The van der Waals surface area contributed by atoms with Gasteiger partial charge in [-0.05, 0) is 20.8 Å². The van der Waals surface area contributed by atoms with Crippen molar-refractivity contribution in [2.45, 2.75) is 45.6 Å². The lowest BCUT2D eigenvalue weighted by Gasteiger charge is -2.36. The quantitative estimate of drug-likeness (QED) is 0.814. The fraction of sp³-hybridized carbons (Fsp3) is 0.786. The lowest BCUT2D eigenvalue weighted by atomic mass is 10.2. The third-order valence-corrected chi connectivity index (χ3v) is 3.34. The van der Waals surface area contributed by atoms with Crippen LogP contribution in [0.15, 0.2) is 12.4 Å². The summed E-state index contributed by atoms with van der Waals surface area (Å²) in [4.78, 5) is 2.42. The Morgan fingerprint density at radius 3 is 2.89 bits per heavy atom. The van der Waals surface area contributed by atoms with Gasteiger partial charge in [-0.1, -0.05) is 0 Å². The number of hydrogen-bond acceptors (Lipinski definition) is 4. The topological polar surface area (TPSA) is 39.5 Å². The zero-order valence-corrected chi connectivity index (χ0v) is 12.4. The van der Waals surface area contributed by atoms with Crippen LogP contribution < -0.4 is 0 Å². The number of hydrogen-bond donors (Lipinski definition) is 0. The predicted octanol–water partition coefficient (Wildman–Crippen LogP) is 1.70. The highest BCUT2D eigenvalue weighted by atomic mass is 16.5. The molecule has 0 bridgehead atoms. The van der Waals surface area contributed by atoms with Crippen LogP contribution in [0.2, 0.25) is 0 Å². The summed E-state index contributed by atoms with van der Waals surface area (Å²) in [7, 11) is 1.72. The zero-order chi connectivity index (χ0) is 13.8. The summed E-state index contributed by atoms with van der Waals surface area (Å²) < 4.78 is 13.1. The van der Waals surface area contributed by atoms with Crippen molar-refractivity contribution in [3.05, 3.63) is 18.0 Å². The molecule has 2 atom stereocenters. The average Bonchev–Trinajstić information content (AvgIpc) is 2.77. The minimum Gasteiger partial charge on any atom is -0.382 e. The van der Waals surface area contributed by atoms with Gasteiger partial charge in [-0.3, -0.25) is 9.58 Å². The Hall–Kier alpha value is -0.910. The molecule has 0 amide bonds. The molecule has 2 heterocycles. The third kappa shape index (κ3) is 4.03. The molecule has 0 spiro atoms. The largest absolute Gasteiger partial charge is 0.382 e. The van der Waals surface area contributed by atoms with Gasteiger partial charge in [0.05, 0.1) is 25.0 Å². The Morgan fingerprint density at radius 2 is 2.26 bits per heavy atom. The maximum absolute atomic E-state index is 5.85. The van der Waals surface area contributed by atoms with Gasteiger partial charge in [0.25, 0.3) is 0 Å². The molecule has 19 heavy (non-hydrogen) atoms. The molecule has 1 saturated heterocycles. The van der Waals surface area contributed by atoms with Crippen molar-refractivity contribution in [3.63, 3.8) is 0 Å². The van der Waals surface area contributed by atoms with Gasteiger partial charge in [0.2, 0.25) is 0 Å². The molecule has 5 nitrogen and oxygen atoms in total. The molecule has 1 aliphatic rings. The van der Waals surface area contributed by atoms with Gasteiger partial charge < -0.3 is 9.47 Å². The van der Waals surface area contributed by atoms with E-state index in [2.05, 4.69) is 37.0 Å². The fourth-order valence-electron chi connectivity index (χ4n) is 2.55. The van der Waals surface area contributed by atoms with Crippen LogP contribution in [0.1, 0.15) is 32.4 Å². The van der Waals surface area contributed by atoms with E-state index < -0.39 is 0 Å². The van der Waals surface area contributed by atoms with E-state index in [1.165, 1.54) is 5.56 Å². The Balaban J connectivity index is 1.93. The molecule has 0 saturated carbocycles. The molecule has 1 aromatic heterocycles. The van der Waals surface area contributed by atoms with E-state index in [1.807, 2.05) is 10.9 Å². The molecule has 108 valence electrons. The maximum atomic E-state index is 5.85. The Morgan fingerprint density at radius 1 is 1.47 bits per heavy atom. The summed E-state index contributed by atoms with van der Waals surface area (Å²) >= 11 is 0. The normalized spacial score (nSPS) is 25.1. The van der Waals surface area contributed by atoms with Crippen LogP contribution in [0.5, 0.6) is 0 Å². The van der Waals surface area contributed by atoms with E-state index >= 15 is 0 Å². The predicted molar refractivity (Wildman–Crippen MR) is 74.1 cm³/mol. The average molecular weight is 267 g/mol. The second kappa shape index (κ2) is 6.50. The molecule has 2 unspecified atom stereocenters. The summed E-state index contributed by atoms with van der Waals surface area (Å²) in [5, 5.41) is 4.39. The number of morpholine rings is 1. The lowest BCUT2D eigenvalue weighted by Crippen LogP contribution is -2.47. The Bertz CT molecular complexity index is 392. The molecule has 0 N–H and O–H groups in total. The summed E-state index contributed by atoms with van der Waals surface area (Å²) in [6.45, 7) is 9.88. The molecule has 1 aromatic rings. The number of nitrogens with zero attached hydrogens (tertiary/aromatic N) is 3. The fourth-order valence-corrected chi connectivity index (χ4v) is 2.55. The van der Waals surface area contributed by atoms with Gasteiger partial charge in [-0.2, -0.15) is 5.10 Å². The van der Waals surface area contributed by atoms with Crippen molar-refractivity contribution < 1.29 is 9.47 Å². The first kappa shape index (κ1) is 14.5. The van der Waals surface area contributed by atoms with Gasteiger partial charge in [0.15, 0.2) is 0 Å². The first-order chi connectivity index (χ1) is 9.08. The Labute approximate surface area is 115 Å². The molecular formula is C14H25N3O2. The minimum atomic E-state index is 0.175. The second-order valence-corrected chi connectivity index (χ2v) is 5.64. The van der Waals surface area contributed by atoms with Crippen molar-refractivity contribution in [1.82, 2.24) is 14.7 Å². The van der Waals surface area contributed by atoms with Gasteiger partial charge in [-0.15, -0.1) is 0 Å². The van der Waals surface area contributed by atoms with E-state index in [9.17, 15) is 0 Å². The zero-order valence-electron chi connectivity index (χ0n) is 12.4. The molecule has 0 aliphatic carbocycles. The smallest absolute Gasteiger partial charge is 0.0939 e. The first-order valence-corrected chi connectivity index (χ1v) is 6.98. The van der Waals surface area contributed by atoms with Crippen molar-refractivity contribution >= 4 is 0 Å². The molecule has 0 aromatic carbocycles. The van der Waals surface area contributed by atoms with Crippen molar-refractivity contribution in [3.8, 4) is 0 Å². The Kier molecular flexibility index (Phi) is 4.96. The van der Waals surface area contributed by atoms with E-state index in [0.29, 0.717) is 12.6 Å².